The van der Waals surface area contributed by atoms with Gasteiger partial charge in [0.1, 0.15) is 5.82 Å². The number of anilines is 1. The molecule has 0 saturated carbocycles. The van der Waals surface area contributed by atoms with Crippen molar-refractivity contribution in [3.63, 3.8) is 0 Å². The first kappa shape index (κ1) is 16.7. The SMILES string of the molecule is O=C(O)C1CCN(c2nc(-c3ccc(-c4ccc(F)cc4)cc3)cs2)C1. The Bertz CT molecular complexity index is 922. The van der Waals surface area contributed by atoms with E-state index in [0.717, 1.165) is 34.1 Å². The number of hydrogen-bond donors (Lipinski definition) is 1. The first-order valence-corrected chi connectivity index (χ1v) is 9.28. The Labute approximate surface area is 154 Å². The van der Waals surface area contributed by atoms with Crippen molar-refractivity contribution >= 4 is 22.4 Å². The van der Waals surface area contributed by atoms with Crippen molar-refractivity contribution in [3.8, 4) is 22.4 Å². The maximum atomic E-state index is 13.0. The van der Waals surface area contributed by atoms with E-state index < -0.39 is 5.97 Å². The number of aliphatic carboxylic acids is 1. The van der Waals surface area contributed by atoms with Crippen LogP contribution in [0.2, 0.25) is 0 Å². The third kappa shape index (κ3) is 3.32. The Kier molecular flexibility index (Phi) is 4.42. The zero-order valence-corrected chi connectivity index (χ0v) is 14.7. The van der Waals surface area contributed by atoms with Crippen LogP contribution in [0.15, 0.2) is 53.9 Å². The van der Waals surface area contributed by atoms with Crippen LogP contribution in [0.25, 0.3) is 22.4 Å². The van der Waals surface area contributed by atoms with E-state index in [1.807, 2.05) is 34.5 Å². The van der Waals surface area contributed by atoms with E-state index in [1.165, 1.54) is 23.5 Å². The number of halogens is 1. The maximum Gasteiger partial charge on any atom is 0.308 e. The highest BCUT2D eigenvalue weighted by molar-refractivity contribution is 7.14. The normalized spacial score (nSPS) is 16.8. The van der Waals surface area contributed by atoms with Crippen molar-refractivity contribution in [1.82, 2.24) is 4.98 Å². The first-order valence-electron chi connectivity index (χ1n) is 8.40. The Balaban J connectivity index is 1.51. The minimum atomic E-state index is -0.735. The number of benzene rings is 2. The fourth-order valence-corrected chi connectivity index (χ4v) is 4.03. The van der Waals surface area contributed by atoms with Gasteiger partial charge in [0, 0.05) is 24.0 Å². The van der Waals surface area contributed by atoms with Gasteiger partial charge in [0.25, 0.3) is 0 Å². The smallest absolute Gasteiger partial charge is 0.308 e. The molecule has 1 unspecified atom stereocenters. The molecule has 1 aliphatic rings. The fraction of sp³-hybridized carbons (Fsp3) is 0.200. The lowest BCUT2D eigenvalue weighted by atomic mass is 10.0. The van der Waals surface area contributed by atoms with Gasteiger partial charge in [0.05, 0.1) is 11.6 Å². The van der Waals surface area contributed by atoms with Crippen molar-refractivity contribution in [3.05, 3.63) is 59.7 Å². The molecule has 26 heavy (non-hydrogen) atoms. The highest BCUT2D eigenvalue weighted by Gasteiger charge is 2.29. The molecule has 132 valence electrons. The predicted octanol–water partition coefficient (Wildman–Crippen LogP) is 4.53. The van der Waals surface area contributed by atoms with Crippen molar-refractivity contribution in [2.24, 2.45) is 5.92 Å². The van der Waals surface area contributed by atoms with Crippen LogP contribution in [0, 0.1) is 11.7 Å². The van der Waals surface area contributed by atoms with Gasteiger partial charge in [-0.15, -0.1) is 11.3 Å². The van der Waals surface area contributed by atoms with E-state index in [1.54, 1.807) is 12.1 Å². The fourth-order valence-electron chi connectivity index (χ4n) is 3.15. The molecule has 6 heteroatoms. The van der Waals surface area contributed by atoms with E-state index in [9.17, 15) is 9.18 Å². The maximum absolute atomic E-state index is 13.0. The second-order valence-electron chi connectivity index (χ2n) is 6.37. The van der Waals surface area contributed by atoms with Gasteiger partial charge in [-0.3, -0.25) is 4.79 Å². The number of rotatable bonds is 4. The lowest BCUT2D eigenvalue weighted by Gasteiger charge is -2.13. The molecule has 0 bridgehead atoms. The van der Waals surface area contributed by atoms with Crippen LogP contribution in [0.3, 0.4) is 0 Å². The summed E-state index contributed by atoms with van der Waals surface area (Å²) in [7, 11) is 0. The second-order valence-corrected chi connectivity index (χ2v) is 7.21. The molecule has 1 fully saturated rings. The molecule has 1 aromatic heterocycles. The largest absolute Gasteiger partial charge is 0.481 e. The summed E-state index contributed by atoms with van der Waals surface area (Å²) < 4.78 is 13.0. The highest BCUT2D eigenvalue weighted by atomic mass is 32.1. The molecule has 2 heterocycles. The molecular weight excluding hydrogens is 351 g/mol. The molecule has 1 saturated heterocycles. The summed E-state index contributed by atoms with van der Waals surface area (Å²) >= 11 is 1.54. The van der Waals surface area contributed by atoms with Crippen LogP contribution < -0.4 is 4.90 Å². The summed E-state index contributed by atoms with van der Waals surface area (Å²) in [5.74, 6) is -1.29. The summed E-state index contributed by atoms with van der Waals surface area (Å²) in [6, 6.07) is 14.4. The van der Waals surface area contributed by atoms with Gasteiger partial charge in [-0.2, -0.15) is 0 Å². The Morgan fingerprint density at radius 2 is 1.69 bits per heavy atom. The van der Waals surface area contributed by atoms with Crippen molar-refractivity contribution in [2.75, 3.05) is 18.0 Å². The second kappa shape index (κ2) is 6.88. The van der Waals surface area contributed by atoms with E-state index in [0.29, 0.717) is 13.0 Å². The Morgan fingerprint density at radius 1 is 1.08 bits per heavy atom. The van der Waals surface area contributed by atoms with Crippen molar-refractivity contribution < 1.29 is 14.3 Å². The quantitative estimate of drug-likeness (QED) is 0.735. The summed E-state index contributed by atoms with van der Waals surface area (Å²) in [5.41, 5.74) is 3.88. The van der Waals surface area contributed by atoms with E-state index in [-0.39, 0.29) is 11.7 Å². The molecule has 0 amide bonds. The number of carboxylic acid groups (broad SMARTS) is 1. The van der Waals surface area contributed by atoms with Gasteiger partial charge in [0.15, 0.2) is 5.13 Å². The lowest BCUT2D eigenvalue weighted by molar-refractivity contribution is -0.140. The third-order valence-electron chi connectivity index (χ3n) is 4.66. The number of aromatic nitrogens is 1. The predicted molar refractivity (Wildman–Crippen MR) is 101 cm³/mol. The highest BCUT2D eigenvalue weighted by Crippen LogP contribution is 2.32. The molecule has 4 rings (SSSR count). The third-order valence-corrected chi connectivity index (χ3v) is 5.56. The van der Waals surface area contributed by atoms with E-state index in [4.69, 9.17) is 5.11 Å². The molecule has 1 aliphatic heterocycles. The molecule has 2 aromatic carbocycles. The van der Waals surface area contributed by atoms with Crippen LogP contribution in [0.4, 0.5) is 9.52 Å². The van der Waals surface area contributed by atoms with Crippen LogP contribution in [0.5, 0.6) is 0 Å². The monoisotopic (exact) mass is 368 g/mol. The van der Waals surface area contributed by atoms with Crippen LogP contribution in [-0.4, -0.2) is 29.1 Å². The number of carbonyl (C=O) groups is 1. The number of nitrogens with zero attached hydrogens (tertiary/aromatic N) is 2. The molecular formula is C20H17FN2O2S. The van der Waals surface area contributed by atoms with E-state index >= 15 is 0 Å². The minimum absolute atomic E-state index is 0.243. The topological polar surface area (TPSA) is 53.4 Å². The van der Waals surface area contributed by atoms with Gasteiger partial charge in [0.2, 0.25) is 0 Å². The molecule has 1 N–H and O–H groups in total. The van der Waals surface area contributed by atoms with Gasteiger partial charge < -0.3 is 10.0 Å². The van der Waals surface area contributed by atoms with Gasteiger partial charge in [-0.05, 0) is 29.7 Å². The average Bonchev–Trinajstić information content (AvgIpc) is 3.32. The minimum Gasteiger partial charge on any atom is -0.481 e. The molecule has 3 aromatic rings. The summed E-state index contributed by atoms with van der Waals surface area (Å²) in [6.07, 6.45) is 0.663. The number of hydrogen-bond acceptors (Lipinski definition) is 4. The summed E-state index contributed by atoms with van der Waals surface area (Å²) in [5, 5.41) is 12.0. The number of thiazole rings is 1. The Hall–Kier alpha value is -2.73. The summed E-state index contributed by atoms with van der Waals surface area (Å²) in [4.78, 5) is 17.8. The van der Waals surface area contributed by atoms with Crippen molar-refractivity contribution in [2.45, 2.75) is 6.42 Å². The first-order chi connectivity index (χ1) is 12.6. The van der Waals surface area contributed by atoms with Crippen LogP contribution in [-0.2, 0) is 4.79 Å². The summed E-state index contributed by atoms with van der Waals surface area (Å²) in [6.45, 7) is 1.25. The zero-order chi connectivity index (χ0) is 18.1. The van der Waals surface area contributed by atoms with Crippen molar-refractivity contribution in [1.29, 1.82) is 0 Å². The molecule has 1 atom stereocenters. The average molecular weight is 368 g/mol. The molecule has 0 aliphatic carbocycles. The van der Waals surface area contributed by atoms with Gasteiger partial charge in [-0.25, -0.2) is 9.37 Å². The van der Waals surface area contributed by atoms with Crippen LogP contribution >= 0.6 is 11.3 Å². The van der Waals surface area contributed by atoms with E-state index in [2.05, 4.69) is 4.98 Å². The number of carboxylic acids is 1. The van der Waals surface area contributed by atoms with Crippen LogP contribution in [0.1, 0.15) is 6.42 Å². The standard InChI is InChI=1S/C20H17FN2O2S/c21-17-7-5-14(6-8-17)13-1-3-15(4-2-13)18-12-26-20(22-18)23-10-9-16(11-23)19(24)25/h1-8,12,16H,9-11H2,(H,24,25). The van der Waals surface area contributed by atoms with Gasteiger partial charge >= 0.3 is 5.97 Å². The molecule has 0 spiro atoms. The zero-order valence-electron chi connectivity index (χ0n) is 13.9. The molecule has 0 radical (unpaired) electrons. The Morgan fingerprint density at radius 3 is 2.31 bits per heavy atom. The van der Waals surface area contributed by atoms with Gasteiger partial charge in [-0.1, -0.05) is 36.4 Å². The lowest BCUT2D eigenvalue weighted by Crippen LogP contribution is -2.22. The molecule has 4 nitrogen and oxygen atoms in total.